The third-order valence-corrected chi connectivity index (χ3v) is 6.42. The zero-order chi connectivity index (χ0) is 22.6. The fourth-order valence-corrected chi connectivity index (χ4v) is 4.56. The zero-order valence-electron chi connectivity index (χ0n) is 19.0. The van der Waals surface area contributed by atoms with Gasteiger partial charge in [-0.05, 0) is 48.4 Å². The van der Waals surface area contributed by atoms with Crippen LogP contribution in [0.25, 0.3) is 33.1 Å². The lowest BCUT2D eigenvalue weighted by Gasteiger charge is -2.27. The van der Waals surface area contributed by atoms with Gasteiger partial charge in [0.05, 0.1) is 11.2 Å². The normalized spacial score (nSPS) is 18.1. The van der Waals surface area contributed by atoms with Gasteiger partial charge in [0.15, 0.2) is 5.82 Å². The summed E-state index contributed by atoms with van der Waals surface area (Å²) in [7, 11) is 1.84. The summed E-state index contributed by atoms with van der Waals surface area (Å²) in [6.45, 7) is 8.54. The minimum absolute atomic E-state index is 0.0849. The Kier molecular flexibility index (Phi) is 5.03. The highest BCUT2D eigenvalue weighted by Gasteiger charge is 2.34. The van der Waals surface area contributed by atoms with Gasteiger partial charge < -0.3 is 10.0 Å². The maximum absolute atomic E-state index is 15.3. The molecule has 166 valence electrons. The number of fused-ring (bicyclic) bond motifs is 2. The second-order valence-electron chi connectivity index (χ2n) is 9.70. The molecule has 1 unspecified atom stereocenters. The van der Waals surface area contributed by atoms with Gasteiger partial charge in [-0.2, -0.15) is 5.10 Å². The number of aryl methyl sites for hydroxylation is 1. The molecular formula is C26H29FN4O. The molecule has 2 atom stereocenters. The zero-order valence-corrected chi connectivity index (χ0v) is 19.0. The van der Waals surface area contributed by atoms with E-state index < -0.39 is 0 Å². The SMILES string of the molecule is CC(C)CN(CC1C[C@H]1C)c1cc(F)c2nc(-c3cc4cn(C)nc4cc3O)ccc2c1. The lowest BCUT2D eigenvalue weighted by molar-refractivity contribution is 0.478. The van der Waals surface area contributed by atoms with Crippen molar-refractivity contribution in [3.05, 3.63) is 48.4 Å². The van der Waals surface area contributed by atoms with E-state index >= 15 is 4.39 Å². The van der Waals surface area contributed by atoms with Crippen molar-refractivity contribution in [2.45, 2.75) is 27.2 Å². The summed E-state index contributed by atoms with van der Waals surface area (Å²) in [5, 5.41) is 16.5. The summed E-state index contributed by atoms with van der Waals surface area (Å²) >= 11 is 0. The van der Waals surface area contributed by atoms with Gasteiger partial charge in [-0.15, -0.1) is 0 Å². The first-order chi connectivity index (χ1) is 15.3. The summed E-state index contributed by atoms with van der Waals surface area (Å²) in [5.41, 5.74) is 3.05. The number of anilines is 1. The molecule has 1 N–H and O–H groups in total. The molecule has 2 heterocycles. The predicted molar refractivity (Wildman–Crippen MR) is 127 cm³/mol. The van der Waals surface area contributed by atoms with Gasteiger partial charge in [0.2, 0.25) is 0 Å². The van der Waals surface area contributed by atoms with Crippen LogP contribution in [0, 0.1) is 23.6 Å². The molecule has 5 rings (SSSR count). The molecule has 5 nitrogen and oxygen atoms in total. The standard InChI is InChI=1S/C26H29FN4O/c1-15(2)12-31(14-18-7-16(18)3)20-8-17-5-6-23(28-26(17)22(27)10-20)21-9-19-13-30(4)29-24(19)11-25(21)32/h5-6,8-11,13,15-16,18,32H,7,12,14H2,1-4H3/t16-,18?/m1/s1. The first-order valence-corrected chi connectivity index (χ1v) is 11.3. The molecule has 0 bridgehead atoms. The van der Waals surface area contributed by atoms with Gasteiger partial charge in [-0.3, -0.25) is 4.68 Å². The van der Waals surface area contributed by atoms with Crippen molar-refractivity contribution >= 4 is 27.5 Å². The van der Waals surface area contributed by atoms with Gasteiger partial charge in [-0.25, -0.2) is 9.37 Å². The lowest BCUT2D eigenvalue weighted by atomic mass is 10.1. The second kappa shape index (κ2) is 7.76. The Morgan fingerprint density at radius 1 is 1.19 bits per heavy atom. The minimum atomic E-state index is -0.334. The molecule has 0 aliphatic heterocycles. The highest BCUT2D eigenvalue weighted by molar-refractivity contribution is 5.90. The van der Waals surface area contributed by atoms with Crippen molar-refractivity contribution < 1.29 is 9.50 Å². The third-order valence-electron chi connectivity index (χ3n) is 6.42. The summed E-state index contributed by atoms with van der Waals surface area (Å²) in [5.74, 6) is 1.69. The number of phenolic OH excluding ortho intramolecular Hbond substituents is 1. The number of rotatable bonds is 6. The molecule has 0 saturated heterocycles. The largest absolute Gasteiger partial charge is 0.507 e. The first kappa shape index (κ1) is 20.7. The van der Waals surface area contributed by atoms with Crippen LogP contribution in [0.15, 0.2) is 42.6 Å². The van der Waals surface area contributed by atoms with Gasteiger partial charge in [0.25, 0.3) is 0 Å². The highest BCUT2D eigenvalue weighted by Crippen LogP contribution is 2.40. The van der Waals surface area contributed by atoms with Crippen LogP contribution in [0.3, 0.4) is 0 Å². The average molecular weight is 433 g/mol. The third kappa shape index (κ3) is 3.90. The van der Waals surface area contributed by atoms with E-state index in [1.54, 1.807) is 16.8 Å². The van der Waals surface area contributed by atoms with E-state index in [2.05, 4.69) is 35.8 Å². The van der Waals surface area contributed by atoms with Crippen LogP contribution in [-0.4, -0.2) is 33.0 Å². The Hall–Kier alpha value is -3.15. The van der Waals surface area contributed by atoms with Gasteiger partial charge in [0, 0.05) is 54.4 Å². The van der Waals surface area contributed by atoms with E-state index in [4.69, 9.17) is 0 Å². The van der Waals surface area contributed by atoms with E-state index in [0.29, 0.717) is 34.1 Å². The highest BCUT2D eigenvalue weighted by atomic mass is 19.1. The smallest absolute Gasteiger partial charge is 0.151 e. The molecule has 2 aromatic heterocycles. The Morgan fingerprint density at radius 2 is 1.97 bits per heavy atom. The number of halogens is 1. The van der Waals surface area contributed by atoms with Crippen molar-refractivity contribution in [1.29, 1.82) is 0 Å². The quantitative estimate of drug-likeness (QED) is 0.421. The fourth-order valence-electron chi connectivity index (χ4n) is 4.56. The van der Waals surface area contributed by atoms with Crippen LogP contribution in [0.5, 0.6) is 5.75 Å². The van der Waals surface area contributed by atoms with Crippen LogP contribution < -0.4 is 4.90 Å². The van der Waals surface area contributed by atoms with Crippen molar-refractivity contribution in [3.63, 3.8) is 0 Å². The van der Waals surface area contributed by atoms with Crippen LogP contribution >= 0.6 is 0 Å². The number of hydrogen-bond donors (Lipinski definition) is 1. The summed E-state index contributed by atoms with van der Waals surface area (Å²) < 4.78 is 17.0. The van der Waals surface area contributed by atoms with E-state index in [1.807, 2.05) is 37.5 Å². The minimum Gasteiger partial charge on any atom is -0.507 e. The topological polar surface area (TPSA) is 54.2 Å². The molecular weight excluding hydrogens is 403 g/mol. The van der Waals surface area contributed by atoms with Crippen molar-refractivity contribution in [2.24, 2.45) is 24.8 Å². The first-order valence-electron chi connectivity index (χ1n) is 11.3. The molecule has 1 aliphatic rings. The monoisotopic (exact) mass is 432 g/mol. The molecule has 32 heavy (non-hydrogen) atoms. The van der Waals surface area contributed by atoms with Crippen LogP contribution in [-0.2, 0) is 7.05 Å². The van der Waals surface area contributed by atoms with Crippen molar-refractivity contribution in [3.8, 4) is 17.0 Å². The molecule has 2 aromatic carbocycles. The van der Waals surface area contributed by atoms with Crippen LogP contribution in [0.2, 0.25) is 0 Å². The Bertz CT molecular complexity index is 1310. The Balaban J connectivity index is 1.54. The van der Waals surface area contributed by atoms with E-state index in [9.17, 15) is 5.11 Å². The Labute approximate surface area is 187 Å². The summed E-state index contributed by atoms with van der Waals surface area (Å²) in [6, 6.07) is 10.9. The predicted octanol–water partition coefficient (Wildman–Crippen LogP) is 5.75. The molecule has 0 radical (unpaired) electrons. The van der Waals surface area contributed by atoms with Crippen LogP contribution in [0.4, 0.5) is 10.1 Å². The number of phenols is 1. The molecule has 1 aliphatic carbocycles. The number of pyridine rings is 1. The lowest BCUT2D eigenvalue weighted by Crippen LogP contribution is -2.30. The van der Waals surface area contributed by atoms with Crippen LogP contribution in [0.1, 0.15) is 27.2 Å². The maximum atomic E-state index is 15.3. The number of aromatic hydroxyl groups is 1. The molecule has 4 aromatic rings. The maximum Gasteiger partial charge on any atom is 0.151 e. The molecule has 1 saturated carbocycles. The van der Waals surface area contributed by atoms with Crippen molar-refractivity contribution in [2.75, 3.05) is 18.0 Å². The molecule has 0 spiro atoms. The van der Waals surface area contributed by atoms with Crippen molar-refractivity contribution in [1.82, 2.24) is 14.8 Å². The van der Waals surface area contributed by atoms with E-state index in [0.717, 1.165) is 35.5 Å². The number of benzene rings is 2. The molecule has 6 heteroatoms. The number of nitrogens with zero attached hydrogens (tertiary/aromatic N) is 4. The molecule has 0 amide bonds. The van der Waals surface area contributed by atoms with E-state index in [-0.39, 0.29) is 11.6 Å². The number of aromatic nitrogens is 3. The summed E-state index contributed by atoms with van der Waals surface area (Å²) in [4.78, 5) is 6.90. The van der Waals surface area contributed by atoms with Gasteiger partial charge in [-0.1, -0.05) is 26.8 Å². The second-order valence-corrected chi connectivity index (χ2v) is 9.70. The average Bonchev–Trinajstić information content (AvgIpc) is 3.30. The van der Waals surface area contributed by atoms with Gasteiger partial charge in [0.1, 0.15) is 11.3 Å². The van der Waals surface area contributed by atoms with Gasteiger partial charge >= 0.3 is 0 Å². The fraction of sp³-hybridized carbons (Fsp3) is 0.385. The van der Waals surface area contributed by atoms with E-state index in [1.165, 1.54) is 6.42 Å². The number of hydrogen-bond acceptors (Lipinski definition) is 4. The molecule has 1 fully saturated rings. The summed E-state index contributed by atoms with van der Waals surface area (Å²) in [6.07, 6.45) is 3.14. The Morgan fingerprint density at radius 3 is 2.69 bits per heavy atom.